The van der Waals surface area contributed by atoms with E-state index in [1.165, 1.54) is 20.1 Å². The summed E-state index contributed by atoms with van der Waals surface area (Å²) in [5.41, 5.74) is 1.19. The van der Waals surface area contributed by atoms with Crippen LogP contribution < -0.4 is 28.4 Å². The molecule has 0 saturated carbocycles. The van der Waals surface area contributed by atoms with Crippen LogP contribution in [0.25, 0.3) is 6.08 Å². The lowest BCUT2D eigenvalue weighted by molar-refractivity contribution is -0.127. The number of piperazine rings is 1. The molecule has 11 nitrogen and oxygen atoms in total. The number of aliphatic hydroxyl groups excluding tert-OH is 1. The maximum atomic E-state index is 12.8. The van der Waals surface area contributed by atoms with Gasteiger partial charge in [-0.15, -0.1) is 0 Å². The number of Topliss-reactive ketones (excluding diaryl/α,β-unsaturated/α-hetero) is 1. The van der Waals surface area contributed by atoms with Crippen molar-refractivity contribution in [2.75, 3.05) is 73.9 Å². The fraction of sp³-hybridized carbons (Fsp3) is 0.448. The van der Waals surface area contributed by atoms with E-state index in [4.69, 9.17) is 28.4 Å². The van der Waals surface area contributed by atoms with E-state index in [0.29, 0.717) is 86.0 Å². The third-order valence-electron chi connectivity index (χ3n) is 6.72. The molecule has 11 heteroatoms. The molecule has 0 radical (unpaired) electrons. The molecular weight excluding hydrogens is 520 g/mol. The zero-order chi connectivity index (χ0) is 28.6. The van der Waals surface area contributed by atoms with Crippen LogP contribution in [0.2, 0.25) is 0 Å². The van der Waals surface area contributed by atoms with Crippen molar-refractivity contribution < 1.29 is 43.1 Å². The number of hydrogen-bond donors (Lipinski definition) is 1. The first-order valence-electron chi connectivity index (χ1n) is 13.1. The average molecular weight is 557 g/mol. The lowest BCUT2D eigenvalue weighted by Gasteiger charge is -2.35. The van der Waals surface area contributed by atoms with Gasteiger partial charge < -0.3 is 38.4 Å². The first kappa shape index (κ1) is 29.0. The van der Waals surface area contributed by atoms with Crippen molar-refractivity contribution in [3.63, 3.8) is 0 Å². The highest BCUT2D eigenvalue weighted by Gasteiger charge is 2.25. The maximum absolute atomic E-state index is 12.8. The molecule has 2 heterocycles. The second-order valence-corrected chi connectivity index (χ2v) is 9.41. The number of nitrogens with zero attached hydrogens (tertiary/aromatic N) is 2. The Bertz CT molecular complexity index is 1210. The molecule has 216 valence electrons. The molecule has 2 aromatic rings. The summed E-state index contributed by atoms with van der Waals surface area (Å²) in [5.74, 6) is 2.49. The molecule has 0 unspecified atom stereocenters. The van der Waals surface area contributed by atoms with Gasteiger partial charge in [-0.3, -0.25) is 14.5 Å². The molecule has 1 atom stereocenters. The highest BCUT2D eigenvalue weighted by Crippen LogP contribution is 2.42. The van der Waals surface area contributed by atoms with Gasteiger partial charge >= 0.3 is 0 Å². The molecule has 1 fully saturated rings. The fourth-order valence-electron chi connectivity index (χ4n) is 4.66. The van der Waals surface area contributed by atoms with Gasteiger partial charge in [0.15, 0.2) is 28.8 Å². The summed E-state index contributed by atoms with van der Waals surface area (Å²) in [7, 11) is 4.63. The fourth-order valence-corrected chi connectivity index (χ4v) is 4.66. The van der Waals surface area contributed by atoms with Crippen LogP contribution >= 0.6 is 0 Å². The van der Waals surface area contributed by atoms with Crippen molar-refractivity contribution in [1.82, 2.24) is 9.80 Å². The van der Waals surface area contributed by atoms with E-state index in [1.807, 2.05) is 0 Å². The molecule has 2 aliphatic rings. The summed E-state index contributed by atoms with van der Waals surface area (Å²) in [4.78, 5) is 28.5. The minimum absolute atomic E-state index is 0.0475. The average Bonchev–Trinajstić information content (AvgIpc) is 2.98. The Labute approximate surface area is 233 Å². The van der Waals surface area contributed by atoms with Crippen LogP contribution in [0.1, 0.15) is 22.8 Å². The van der Waals surface area contributed by atoms with Crippen LogP contribution in [0.15, 0.2) is 30.3 Å². The Morgan fingerprint density at radius 1 is 0.950 bits per heavy atom. The predicted molar refractivity (Wildman–Crippen MR) is 147 cm³/mol. The molecule has 2 aliphatic heterocycles. The van der Waals surface area contributed by atoms with Gasteiger partial charge in [0, 0.05) is 38.8 Å². The molecule has 40 heavy (non-hydrogen) atoms. The van der Waals surface area contributed by atoms with E-state index < -0.39 is 6.10 Å². The first-order valence-corrected chi connectivity index (χ1v) is 13.1. The monoisotopic (exact) mass is 556 g/mol. The third-order valence-corrected chi connectivity index (χ3v) is 6.72. The van der Waals surface area contributed by atoms with Crippen molar-refractivity contribution in [3.05, 3.63) is 41.5 Å². The number of aliphatic hydroxyl groups is 1. The van der Waals surface area contributed by atoms with Gasteiger partial charge in [0.1, 0.15) is 25.9 Å². The highest BCUT2D eigenvalue weighted by molar-refractivity contribution is 5.98. The summed E-state index contributed by atoms with van der Waals surface area (Å²) in [6, 6.07) is 6.86. The van der Waals surface area contributed by atoms with Crippen LogP contribution in [0.4, 0.5) is 0 Å². The molecule has 4 rings (SSSR count). The number of rotatable bonds is 11. The number of benzene rings is 2. The summed E-state index contributed by atoms with van der Waals surface area (Å²) in [6.07, 6.45) is 2.49. The van der Waals surface area contributed by atoms with E-state index in [1.54, 1.807) is 49.5 Å². The number of hydrogen-bond acceptors (Lipinski definition) is 10. The van der Waals surface area contributed by atoms with E-state index >= 15 is 0 Å². The predicted octanol–water partition coefficient (Wildman–Crippen LogP) is 2.28. The van der Waals surface area contributed by atoms with Crippen molar-refractivity contribution in [3.8, 4) is 34.5 Å². The number of ketones is 1. The smallest absolute Gasteiger partial charge is 0.246 e. The molecule has 0 aromatic heterocycles. The molecule has 0 bridgehead atoms. The van der Waals surface area contributed by atoms with Crippen LogP contribution in [-0.2, 0) is 4.79 Å². The zero-order valence-electron chi connectivity index (χ0n) is 23.3. The highest BCUT2D eigenvalue weighted by atomic mass is 16.6. The van der Waals surface area contributed by atoms with Gasteiger partial charge in [0.05, 0.1) is 26.9 Å². The van der Waals surface area contributed by atoms with Crippen molar-refractivity contribution in [2.45, 2.75) is 13.0 Å². The normalized spacial score (nSPS) is 16.0. The number of methoxy groups -OCH3 is 3. The lowest BCUT2D eigenvalue weighted by atomic mass is 10.1. The number of amides is 1. The molecule has 0 aliphatic carbocycles. The van der Waals surface area contributed by atoms with Gasteiger partial charge in [-0.2, -0.15) is 0 Å². The SMILES string of the molecule is COc1cc(/C=C/C(=O)N2CCN(C[C@@H](O)COc3ccc(C(C)=O)c4c3OCCO4)CC2)cc(OC)c1OC. The first-order chi connectivity index (χ1) is 19.3. The van der Waals surface area contributed by atoms with Crippen molar-refractivity contribution in [1.29, 1.82) is 0 Å². The third kappa shape index (κ3) is 6.78. The maximum Gasteiger partial charge on any atom is 0.246 e. The van der Waals surface area contributed by atoms with Gasteiger partial charge in [0.2, 0.25) is 17.4 Å². The molecular formula is C29H36N2O9. The number of β-amino-alcohol motifs (C(OH)–C–C–N with tert-alkyl or cyclic N) is 1. The van der Waals surface area contributed by atoms with Crippen molar-refractivity contribution in [2.24, 2.45) is 0 Å². The quantitative estimate of drug-likeness (QED) is 0.326. The minimum atomic E-state index is -0.755. The summed E-state index contributed by atoms with van der Waals surface area (Å²) >= 11 is 0. The van der Waals surface area contributed by atoms with E-state index in [-0.39, 0.29) is 18.3 Å². The second-order valence-electron chi connectivity index (χ2n) is 9.41. The molecule has 2 aromatic carbocycles. The van der Waals surface area contributed by atoms with Gasteiger partial charge in [0.25, 0.3) is 0 Å². The molecule has 1 saturated heterocycles. The largest absolute Gasteiger partial charge is 0.493 e. The van der Waals surface area contributed by atoms with Crippen LogP contribution in [0.3, 0.4) is 0 Å². The second kappa shape index (κ2) is 13.4. The van der Waals surface area contributed by atoms with E-state index in [0.717, 1.165) is 5.56 Å². The number of carbonyl (C=O) groups is 2. The standard InChI is InChI=1S/C29H36N2O9/c1-19(32)22-6-7-23(29-27(22)38-13-14-39-29)40-18-21(33)17-30-9-11-31(12-10-30)26(34)8-5-20-15-24(35-2)28(37-4)25(16-20)36-3/h5-8,15-16,21,33H,9-14,17-18H2,1-4H3/b8-5+/t21-/m1/s1. The van der Waals surface area contributed by atoms with Crippen molar-refractivity contribution >= 4 is 17.8 Å². The Morgan fingerprint density at radius 2 is 1.60 bits per heavy atom. The summed E-state index contributed by atoms with van der Waals surface area (Å²) in [5, 5.41) is 10.6. The lowest BCUT2D eigenvalue weighted by Crippen LogP contribution is -2.50. The van der Waals surface area contributed by atoms with E-state index in [9.17, 15) is 14.7 Å². The Kier molecular flexibility index (Phi) is 9.73. The van der Waals surface area contributed by atoms with Gasteiger partial charge in [-0.1, -0.05) is 0 Å². The van der Waals surface area contributed by atoms with Gasteiger partial charge in [-0.05, 0) is 42.8 Å². The van der Waals surface area contributed by atoms with Gasteiger partial charge in [-0.25, -0.2) is 0 Å². The molecule has 1 N–H and O–H groups in total. The zero-order valence-corrected chi connectivity index (χ0v) is 23.3. The van der Waals surface area contributed by atoms with E-state index in [2.05, 4.69) is 4.90 Å². The summed E-state index contributed by atoms with van der Waals surface area (Å²) < 4.78 is 33.2. The van der Waals surface area contributed by atoms with Crippen LogP contribution in [-0.4, -0.2) is 107 Å². The topological polar surface area (TPSA) is 116 Å². The van der Waals surface area contributed by atoms with Crippen LogP contribution in [0, 0.1) is 0 Å². The Morgan fingerprint density at radius 3 is 2.20 bits per heavy atom. The Balaban J connectivity index is 1.26. The Hall–Kier alpha value is -3.96. The minimum Gasteiger partial charge on any atom is -0.493 e. The number of fused-ring (bicyclic) bond motifs is 1. The molecule has 1 amide bonds. The summed E-state index contributed by atoms with van der Waals surface area (Å²) in [6.45, 7) is 4.95. The number of ether oxygens (including phenoxy) is 6. The molecule has 0 spiro atoms. The van der Waals surface area contributed by atoms with Crippen LogP contribution in [0.5, 0.6) is 34.5 Å². The number of carbonyl (C=O) groups excluding carboxylic acids is 2.